The van der Waals surface area contributed by atoms with E-state index in [0.717, 1.165) is 11.1 Å². The topological polar surface area (TPSA) is 92.3 Å². The van der Waals surface area contributed by atoms with E-state index < -0.39 is 33.5 Å². The van der Waals surface area contributed by atoms with Crippen LogP contribution in [0.4, 0.5) is 0 Å². The molecule has 1 atom stereocenters. The first-order chi connectivity index (χ1) is 12.3. The normalized spacial score (nSPS) is 12.5. The SMILES string of the molecule is Cc1ccc(S(=O)(=O)NN[C@@H](Cc2ccccc2)C(=O)C(=O)CCl)cc1. The van der Waals surface area contributed by atoms with Gasteiger partial charge < -0.3 is 0 Å². The Hall–Kier alpha value is -2.06. The number of hydrazine groups is 1. The van der Waals surface area contributed by atoms with Gasteiger partial charge in [0.15, 0.2) is 0 Å². The van der Waals surface area contributed by atoms with Crippen LogP contribution in [0.3, 0.4) is 0 Å². The number of halogens is 1. The lowest BCUT2D eigenvalue weighted by atomic mass is 10.0. The lowest BCUT2D eigenvalue weighted by Crippen LogP contribution is -2.51. The predicted octanol–water partition coefficient (Wildman–Crippen LogP) is 1.77. The molecule has 0 aromatic heterocycles. The highest BCUT2D eigenvalue weighted by molar-refractivity contribution is 7.89. The van der Waals surface area contributed by atoms with Crippen molar-refractivity contribution in [3.63, 3.8) is 0 Å². The van der Waals surface area contributed by atoms with Crippen molar-refractivity contribution in [2.24, 2.45) is 0 Å². The number of carbonyl (C=O) groups excluding carboxylic acids is 2. The second-order valence-electron chi connectivity index (χ2n) is 5.73. The molecule has 2 aromatic rings. The molecule has 0 aliphatic rings. The van der Waals surface area contributed by atoms with Crippen molar-refractivity contribution in [3.05, 3.63) is 65.7 Å². The molecule has 0 saturated heterocycles. The first-order valence-electron chi connectivity index (χ1n) is 7.84. The molecule has 0 amide bonds. The molecule has 0 radical (unpaired) electrons. The van der Waals surface area contributed by atoms with Crippen LogP contribution in [-0.2, 0) is 26.0 Å². The number of hydrogen-bond acceptors (Lipinski definition) is 5. The summed E-state index contributed by atoms with van der Waals surface area (Å²) in [5.74, 6) is -2.03. The molecule has 0 unspecified atom stereocenters. The summed E-state index contributed by atoms with van der Waals surface area (Å²) in [6, 6.07) is 14.1. The molecule has 2 aromatic carbocycles. The molecule has 0 aliphatic heterocycles. The highest BCUT2D eigenvalue weighted by Gasteiger charge is 2.26. The summed E-state index contributed by atoms with van der Waals surface area (Å²) in [7, 11) is -3.89. The second kappa shape index (κ2) is 9.05. The smallest absolute Gasteiger partial charge is 0.253 e. The third-order valence-corrected chi connectivity index (χ3v) is 5.22. The molecule has 6 nitrogen and oxygen atoms in total. The Morgan fingerprint density at radius 2 is 1.65 bits per heavy atom. The maximum atomic E-state index is 12.4. The van der Waals surface area contributed by atoms with Gasteiger partial charge in [0.05, 0.1) is 16.8 Å². The van der Waals surface area contributed by atoms with Gasteiger partial charge in [0.1, 0.15) is 0 Å². The summed E-state index contributed by atoms with van der Waals surface area (Å²) >= 11 is 5.46. The van der Waals surface area contributed by atoms with E-state index in [4.69, 9.17) is 11.6 Å². The fourth-order valence-corrected chi connectivity index (χ4v) is 3.29. The standard InChI is InChI=1S/C18H19ClN2O4S/c1-13-7-9-15(10-8-13)26(24,25)21-20-16(18(23)17(22)12-19)11-14-5-3-2-4-6-14/h2-10,16,20-21H,11-12H2,1H3/t16-/m0/s1. The number of aryl methyl sites for hydroxylation is 1. The maximum Gasteiger partial charge on any atom is 0.253 e. The van der Waals surface area contributed by atoms with Crippen molar-refractivity contribution in [1.29, 1.82) is 0 Å². The third-order valence-electron chi connectivity index (χ3n) is 3.69. The molecule has 0 aliphatic carbocycles. The summed E-state index contributed by atoms with van der Waals surface area (Å²) in [5.41, 5.74) is 4.16. The summed E-state index contributed by atoms with van der Waals surface area (Å²) in [5, 5.41) is 0. The van der Waals surface area contributed by atoms with Crippen molar-refractivity contribution < 1.29 is 18.0 Å². The summed E-state index contributed by atoms with van der Waals surface area (Å²) in [6.45, 7) is 1.84. The number of sulfonamides is 1. The number of carbonyl (C=O) groups is 2. The number of hydrogen-bond donors (Lipinski definition) is 2. The molecule has 2 N–H and O–H groups in total. The number of rotatable bonds is 9. The van der Waals surface area contributed by atoms with Gasteiger partial charge in [-0.05, 0) is 31.0 Å². The van der Waals surface area contributed by atoms with Crippen LogP contribution in [0.1, 0.15) is 11.1 Å². The van der Waals surface area contributed by atoms with Gasteiger partial charge in [0.2, 0.25) is 11.6 Å². The highest BCUT2D eigenvalue weighted by Crippen LogP contribution is 2.10. The van der Waals surface area contributed by atoms with Crippen LogP contribution in [0.25, 0.3) is 0 Å². The minimum Gasteiger partial charge on any atom is -0.289 e. The molecule has 2 rings (SSSR count). The van der Waals surface area contributed by atoms with Gasteiger partial charge in [0.25, 0.3) is 10.0 Å². The Balaban J connectivity index is 2.16. The summed E-state index contributed by atoms with van der Waals surface area (Å²) in [4.78, 5) is 26.1. The van der Waals surface area contributed by atoms with Crippen LogP contribution in [0.5, 0.6) is 0 Å². The van der Waals surface area contributed by atoms with Gasteiger partial charge in [0, 0.05) is 0 Å². The van der Waals surface area contributed by atoms with Crippen molar-refractivity contribution >= 4 is 33.2 Å². The van der Waals surface area contributed by atoms with Crippen LogP contribution in [0, 0.1) is 6.92 Å². The van der Waals surface area contributed by atoms with Gasteiger partial charge >= 0.3 is 0 Å². The van der Waals surface area contributed by atoms with E-state index in [1.807, 2.05) is 13.0 Å². The second-order valence-corrected chi connectivity index (χ2v) is 7.68. The molecular weight excluding hydrogens is 376 g/mol. The Morgan fingerprint density at radius 3 is 2.23 bits per heavy atom. The number of alkyl halides is 1. The Bertz CT molecular complexity index is 868. The van der Waals surface area contributed by atoms with Crippen molar-refractivity contribution in [3.8, 4) is 0 Å². The lowest BCUT2D eigenvalue weighted by molar-refractivity contribution is -0.136. The molecule has 0 fully saturated rings. The number of benzene rings is 2. The largest absolute Gasteiger partial charge is 0.289 e. The minimum absolute atomic E-state index is 0.0465. The molecule has 0 saturated carbocycles. The highest BCUT2D eigenvalue weighted by atomic mass is 35.5. The van der Waals surface area contributed by atoms with Gasteiger partial charge in [-0.3, -0.25) is 9.59 Å². The number of nitrogens with one attached hydrogen (secondary N) is 2. The van der Waals surface area contributed by atoms with Crippen LogP contribution in [0.15, 0.2) is 59.5 Å². The van der Waals surface area contributed by atoms with E-state index in [-0.39, 0.29) is 11.3 Å². The molecule has 8 heteroatoms. The van der Waals surface area contributed by atoms with Crippen molar-refractivity contribution in [2.45, 2.75) is 24.3 Å². The lowest BCUT2D eigenvalue weighted by Gasteiger charge is -2.17. The van der Waals surface area contributed by atoms with Crippen molar-refractivity contribution in [1.82, 2.24) is 10.3 Å². The zero-order valence-electron chi connectivity index (χ0n) is 14.1. The summed E-state index contributed by atoms with van der Waals surface area (Å²) in [6.07, 6.45) is 0.138. The molecule has 0 bridgehead atoms. The van der Waals surface area contributed by atoms with E-state index in [2.05, 4.69) is 10.3 Å². The van der Waals surface area contributed by atoms with E-state index in [1.54, 1.807) is 36.4 Å². The zero-order chi connectivity index (χ0) is 19.2. The molecular formula is C18H19ClN2O4S. The fourth-order valence-electron chi connectivity index (χ4n) is 2.24. The predicted molar refractivity (Wildman–Crippen MR) is 99.3 cm³/mol. The zero-order valence-corrected chi connectivity index (χ0v) is 15.7. The van der Waals surface area contributed by atoms with Gasteiger partial charge in [-0.2, -0.15) is 0 Å². The Kier molecular flexibility index (Phi) is 7.05. The van der Waals surface area contributed by atoms with Gasteiger partial charge in [-0.25, -0.2) is 13.8 Å². The summed E-state index contributed by atoms with van der Waals surface area (Å²) < 4.78 is 24.7. The number of Topliss-reactive ketones (excluding diaryl/α,β-unsaturated/α-hetero) is 2. The van der Waals surface area contributed by atoms with Gasteiger partial charge in [-0.15, -0.1) is 16.4 Å². The fraction of sp³-hybridized carbons (Fsp3) is 0.222. The minimum atomic E-state index is -3.89. The third kappa shape index (κ3) is 5.47. The molecule has 26 heavy (non-hydrogen) atoms. The Morgan fingerprint density at radius 1 is 1.04 bits per heavy atom. The average Bonchev–Trinajstić information content (AvgIpc) is 2.65. The van der Waals surface area contributed by atoms with Crippen LogP contribution < -0.4 is 10.3 Å². The Labute approximate surface area is 157 Å². The van der Waals surface area contributed by atoms with Gasteiger partial charge in [-0.1, -0.05) is 48.0 Å². The van der Waals surface area contributed by atoms with E-state index >= 15 is 0 Å². The number of ketones is 2. The molecule has 0 spiro atoms. The van der Waals surface area contributed by atoms with Crippen LogP contribution >= 0.6 is 11.6 Å². The first-order valence-corrected chi connectivity index (χ1v) is 9.86. The average molecular weight is 395 g/mol. The monoisotopic (exact) mass is 394 g/mol. The van der Waals surface area contributed by atoms with E-state index in [1.165, 1.54) is 12.1 Å². The molecule has 0 heterocycles. The molecule has 138 valence electrons. The quantitative estimate of drug-likeness (QED) is 0.384. The van der Waals surface area contributed by atoms with Crippen LogP contribution in [-0.4, -0.2) is 31.9 Å². The van der Waals surface area contributed by atoms with E-state index in [9.17, 15) is 18.0 Å². The van der Waals surface area contributed by atoms with E-state index in [0.29, 0.717) is 0 Å². The van der Waals surface area contributed by atoms with Crippen molar-refractivity contribution in [2.75, 3.05) is 5.88 Å². The first kappa shape index (κ1) is 20.3. The maximum absolute atomic E-state index is 12.4. The van der Waals surface area contributed by atoms with Crippen LogP contribution in [0.2, 0.25) is 0 Å².